The summed E-state index contributed by atoms with van der Waals surface area (Å²) in [6, 6.07) is 16.1. The van der Waals surface area contributed by atoms with E-state index >= 15 is 0 Å². The smallest absolute Gasteiger partial charge is 0.270 e. The van der Waals surface area contributed by atoms with Gasteiger partial charge in [-0.05, 0) is 41.5 Å². The van der Waals surface area contributed by atoms with Gasteiger partial charge in [0.05, 0.1) is 17.1 Å². The highest BCUT2D eigenvalue weighted by atomic mass is 32.2. The summed E-state index contributed by atoms with van der Waals surface area (Å²) in [4.78, 5) is 28.0. The number of nitrogens with two attached hydrogens (primary N) is 1. The van der Waals surface area contributed by atoms with Crippen LogP contribution in [0.25, 0.3) is 6.08 Å². The molecule has 42 heavy (non-hydrogen) atoms. The van der Waals surface area contributed by atoms with Crippen molar-refractivity contribution in [3.63, 3.8) is 0 Å². The Bertz CT molecular complexity index is 1410. The lowest BCUT2D eigenvalue weighted by Gasteiger charge is -2.27. The standard InChI is InChI=1S/C31H34F3N5O2S/c1-31(33,34)23-11-12-26(24(32)20-23)38-30(41)29(36-14-15-39-16-18-42-19-17-39)22-9-6-21(7-10-22)8-13-28(40)37-27-5-3-2-4-25(27)35/h2-13,20,29,36H,14-19,35H2,1H3,(H,37,40)(H,38,41)/b13-8+. The predicted molar refractivity (Wildman–Crippen MR) is 164 cm³/mol. The molecule has 4 rings (SSSR count). The van der Waals surface area contributed by atoms with Crippen molar-refractivity contribution in [3.05, 3.63) is 95.3 Å². The lowest BCUT2D eigenvalue weighted by atomic mass is 10.0. The summed E-state index contributed by atoms with van der Waals surface area (Å²) in [5.41, 5.74) is 7.53. The summed E-state index contributed by atoms with van der Waals surface area (Å²) >= 11 is 1.91. The van der Waals surface area contributed by atoms with Gasteiger partial charge in [-0.25, -0.2) is 13.2 Å². The van der Waals surface area contributed by atoms with Gasteiger partial charge in [-0.2, -0.15) is 11.8 Å². The first-order chi connectivity index (χ1) is 20.1. The molecule has 1 aliphatic heterocycles. The fourth-order valence-electron chi connectivity index (χ4n) is 4.40. The highest BCUT2D eigenvalue weighted by Gasteiger charge is 2.27. The molecule has 0 saturated carbocycles. The third-order valence-corrected chi connectivity index (χ3v) is 7.73. The third kappa shape index (κ3) is 8.85. The van der Waals surface area contributed by atoms with Crippen LogP contribution in [-0.4, -0.2) is 54.4 Å². The van der Waals surface area contributed by atoms with Crippen molar-refractivity contribution in [3.8, 4) is 0 Å². The van der Waals surface area contributed by atoms with Crippen molar-refractivity contribution in [1.82, 2.24) is 10.2 Å². The molecule has 1 saturated heterocycles. The highest BCUT2D eigenvalue weighted by Crippen LogP contribution is 2.30. The normalized spacial score (nSPS) is 15.0. The average molecular weight is 598 g/mol. The highest BCUT2D eigenvalue weighted by molar-refractivity contribution is 7.99. The summed E-state index contributed by atoms with van der Waals surface area (Å²) in [6.45, 7) is 3.87. The number of hydrogen-bond acceptors (Lipinski definition) is 6. The maximum Gasteiger partial charge on any atom is 0.270 e. The van der Waals surface area contributed by atoms with E-state index in [2.05, 4.69) is 20.9 Å². The van der Waals surface area contributed by atoms with Gasteiger partial charge in [-0.15, -0.1) is 0 Å². The monoisotopic (exact) mass is 597 g/mol. The second-order valence-corrected chi connectivity index (χ2v) is 11.2. The number of halogens is 3. The van der Waals surface area contributed by atoms with E-state index in [0.29, 0.717) is 30.4 Å². The molecule has 11 heteroatoms. The molecule has 2 amide bonds. The topological polar surface area (TPSA) is 99.5 Å². The molecule has 1 atom stereocenters. The van der Waals surface area contributed by atoms with Gasteiger partial charge in [0.15, 0.2) is 0 Å². The van der Waals surface area contributed by atoms with Crippen LogP contribution < -0.4 is 21.7 Å². The Hall–Kier alpha value is -3.80. The van der Waals surface area contributed by atoms with Crippen molar-refractivity contribution in [1.29, 1.82) is 0 Å². The summed E-state index contributed by atoms with van der Waals surface area (Å²) in [5, 5.41) is 8.53. The number of para-hydroxylation sites is 2. The lowest BCUT2D eigenvalue weighted by molar-refractivity contribution is -0.118. The quantitative estimate of drug-likeness (QED) is 0.172. The Morgan fingerprint density at radius 1 is 1.02 bits per heavy atom. The van der Waals surface area contributed by atoms with Crippen LogP contribution in [0.15, 0.2) is 72.8 Å². The minimum Gasteiger partial charge on any atom is -0.397 e. The van der Waals surface area contributed by atoms with Crippen LogP contribution in [0.5, 0.6) is 0 Å². The number of carbonyl (C=O) groups is 2. The second kappa shape index (κ2) is 14.4. The second-order valence-electron chi connectivity index (χ2n) is 9.99. The largest absolute Gasteiger partial charge is 0.397 e. The van der Waals surface area contributed by atoms with Crippen LogP contribution in [0.3, 0.4) is 0 Å². The van der Waals surface area contributed by atoms with Crippen LogP contribution >= 0.6 is 11.8 Å². The fraction of sp³-hybridized carbons (Fsp3) is 0.290. The van der Waals surface area contributed by atoms with Crippen molar-refractivity contribution in [2.45, 2.75) is 18.9 Å². The van der Waals surface area contributed by atoms with Gasteiger partial charge in [-0.1, -0.05) is 42.5 Å². The number of benzene rings is 3. The van der Waals surface area contributed by atoms with Crippen LogP contribution in [0, 0.1) is 5.82 Å². The van der Waals surface area contributed by atoms with Gasteiger partial charge in [0.25, 0.3) is 5.92 Å². The minimum absolute atomic E-state index is 0.183. The molecule has 3 aromatic carbocycles. The SMILES string of the molecule is CC(F)(F)c1ccc(NC(=O)C(NCCN2CCSCC2)c2ccc(/C=C/C(=O)Nc3ccccc3N)cc2)c(F)c1. The first kappa shape index (κ1) is 31.1. The number of hydrogen-bond donors (Lipinski definition) is 4. The molecule has 3 aromatic rings. The van der Waals surface area contributed by atoms with Gasteiger partial charge in [0, 0.05) is 56.2 Å². The molecule has 222 valence electrons. The maximum atomic E-state index is 14.6. The molecular formula is C31H34F3N5O2S. The van der Waals surface area contributed by atoms with E-state index in [-0.39, 0.29) is 11.6 Å². The average Bonchev–Trinajstić information content (AvgIpc) is 2.97. The molecule has 0 radical (unpaired) electrons. The first-order valence-corrected chi connectivity index (χ1v) is 14.7. The molecule has 7 nitrogen and oxygen atoms in total. The number of alkyl halides is 2. The molecule has 0 bridgehead atoms. The molecule has 1 heterocycles. The number of anilines is 3. The maximum absolute atomic E-state index is 14.6. The number of nitrogen functional groups attached to an aromatic ring is 1. The first-order valence-electron chi connectivity index (χ1n) is 13.6. The summed E-state index contributed by atoms with van der Waals surface area (Å²) in [7, 11) is 0. The fourth-order valence-corrected chi connectivity index (χ4v) is 5.38. The Balaban J connectivity index is 1.46. The van der Waals surface area contributed by atoms with Crippen LogP contribution in [0.1, 0.15) is 29.7 Å². The van der Waals surface area contributed by atoms with E-state index in [0.717, 1.165) is 54.9 Å². The number of nitrogens with zero attached hydrogens (tertiary/aromatic N) is 1. The zero-order valence-corrected chi connectivity index (χ0v) is 24.0. The Kier molecular flexibility index (Phi) is 10.7. The number of rotatable bonds is 11. The molecule has 1 unspecified atom stereocenters. The zero-order chi connectivity index (χ0) is 30.1. The van der Waals surface area contributed by atoms with Crippen LogP contribution in [0.4, 0.5) is 30.2 Å². The molecule has 1 fully saturated rings. The summed E-state index contributed by atoms with van der Waals surface area (Å²) < 4.78 is 41.9. The molecule has 0 spiro atoms. The van der Waals surface area contributed by atoms with Crippen molar-refractivity contribution >= 4 is 46.7 Å². The molecule has 0 aliphatic carbocycles. The summed E-state index contributed by atoms with van der Waals surface area (Å²) in [6.07, 6.45) is 3.02. The minimum atomic E-state index is -3.20. The summed E-state index contributed by atoms with van der Waals surface area (Å²) in [5.74, 6) is -2.90. The number of thioether (sulfide) groups is 1. The number of amides is 2. The van der Waals surface area contributed by atoms with Gasteiger partial charge < -0.3 is 26.6 Å². The van der Waals surface area contributed by atoms with Gasteiger partial charge in [0.1, 0.15) is 11.9 Å². The van der Waals surface area contributed by atoms with Crippen LogP contribution in [0.2, 0.25) is 0 Å². The van der Waals surface area contributed by atoms with Crippen LogP contribution in [-0.2, 0) is 15.5 Å². The van der Waals surface area contributed by atoms with Crippen molar-refractivity contribution in [2.75, 3.05) is 54.1 Å². The Morgan fingerprint density at radius 2 is 1.74 bits per heavy atom. The van der Waals surface area contributed by atoms with Gasteiger partial charge >= 0.3 is 0 Å². The number of carbonyl (C=O) groups excluding carboxylic acids is 2. The van der Waals surface area contributed by atoms with E-state index in [4.69, 9.17) is 5.73 Å². The molecular weight excluding hydrogens is 563 g/mol. The molecule has 0 aromatic heterocycles. The van der Waals surface area contributed by atoms with Gasteiger partial charge in [0.2, 0.25) is 11.8 Å². The van der Waals surface area contributed by atoms with E-state index in [1.54, 1.807) is 54.6 Å². The number of nitrogens with one attached hydrogen (secondary N) is 3. The van der Waals surface area contributed by atoms with E-state index in [9.17, 15) is 22.8 Å². The van der Waals surface area contributed by atoms with E-state index in [1.807, 2.05) is 11.8 Å². The van der Waals surface area contributed by atoms with Gasteiger partial charge in [-0.3, -0.25) is 9.59 Å². The van der Waals surface area contributed by atoms with E-state index < -0.39 is 29.3 Å². The Labute approximate surface area is 247 Å². The third-order valence-electron chi connectivity index (χ3n) is 6.79. The predicted octanol–water partition coefficient (Wildman–Crippen LogP) is 5.49. The van der Waals surface area contributed by atoms with E-state index in [1.165, 1.54) is 6.08 Å². The van der Waals surface area contributed by atoms with Crippen molar-refractivity contribution < 1.29 is 22.8 Å². The Morgan fingerprint density at radius 3 is 2.40 bits per heavy atom. The molecule has 5 N–H and O–H groups in total. The zero-order valence-electron chi connectivity index (χ0n) is 23.2. The molecule has 1 aliphatic rings. The van der Waals surface area contributed by atoms with Crippen molar-refractivity contribution in [2.24, 2.45) is 0 Å². The lowest BCUT2D eigenvalue weighted by Crippen LogP contribution is -2.41.